The second-order valence-corrected chi connectivity index (χ2v) is 7.99. The Bertz CT molecular complexity index is 631. The maximum atomic E-state index is 9.02. The van der Waals surface area contributed by atoms with Crippen molar-refractivity contribution < 1.29 is 0 Å². The predicted octanol–water partition coefficient (Wildman–Crippen LogP) is 5.32. The zero-order valence-electron chi connectivity index (χ0n) is 15.3. The number of hydrogen-bond donors (Lipinski definition) is 1. The molecule has 0 aromatic rings. The summed E-state index contributed by atoms with van der Waals surface area (Å²) in [5.41, 5.74) is 11.0. The molecule has 2 aliphatic rings. The van der Waals surface area contributed by atoms with Crippen molar-refractivity contribution in [3.05, 3.63) is 59.3 Å². The van der Waals surface area contributed by atoms with Crippen LogP contribution in [0.3, 0.4) is 0 Å². The predicted molar refractivity (Wildman–Crippen MR) is 110 cm³/mol. The highest BCUT2D eigenvalue weighted by molar-refractivity contribution is 7.99. The molecule has 134 valence electrons. The van der Waals surface area contributed by atoms with E-state index < -0.39 is 0 Å². The fourth-order valence-electron chi connectivity index (χ4n) is 3.40. The Morgan fingerprint density at radius 2 is 2.16 bits per heavy atom. The smallest absolute Gasteiger partial charge is 0.0947 e. The third-order valence-electron chi connectivity index (χ3n) is 5.06. The molecule has 2 unspecified atom stereocenters. The standard InChI is InChI=1S/C22H30N2S/c1-17(15-25-16-20-6-4-3-5-7-20)18(2)22(12-13-23)21-10-8-19(14-24)9-11-21/h3-4,6,8,10,17,22H,2,5,7,9,11-13,15-16,23H2,1H3. The quantitative estimate of drug-likeness (QED) is 0.570. The third kappa shape index (κ3) is 6.06. The average Bonchev–Trinajstić information content (AvgIpc) is 2.66. The average molecular weight is 355 g/mol. The number of nitrogens with zero attached hydrogens (tertiary/aromatic N) is 1. The van der Waals surface area contributed by atoms with Crippen LogP contribution in [0.25, 0.3) is 0 Å². The van der Waals surface area contributed by atoms with E-state index >= 15 is 0 Å². The van der Waals surface area contributed by atoms with Gasteiger partial charge in [-0.05, 0) is 56.4 Å². The fraction of sp³-hybridized carbons (Fsp3) is 0.500. The van der Waals surface area contributed by atoms with Crippen LogP contribution in [-0.4, -0.2) is 18.1 Å². The first-order chi connectivity index (χ1) is 12.2. The Labute approximate surface area is 157 Å². The van der Waals surface area contributed by atoms with E-state index in [0.29, 0.717) is 18.4 Å². The zero-order chi connectivity index (χ0) is 18.1. The molecular weight excluding hydrogens is 324 g/mol. The molecule has 0 bridgehead atoms. The van der Waals surface area contributed by atoms with Crippen molar-refractivity contribution in [2.45, 2.75) is 39.0 Å². The molecular formula is C22H30N2S. The summed E-state index contributed by atoms with van der Waals surface area (Å²) in [6.45, 7) is 7.39. The molecule has 0 heterocycles. The maximum Gasteiger partial charge on any atom is 0.0947 e. The van der Waals surface area contributed by atoms with Gasteiger partial charge in [-0.3, -0.25) is 0 Å². The monoisotopic (exact) mass is 354 g/mol. The summed E-state index contributed by atoms with van der Waals surface area (Å²) in [6, 6.07) is 2.26. The normalized spacial score (nSPS) is 19.3. The Hall–Kier alpha value is -1.50. The van der Waals surface area contributed by atoms with Crippen LogP contribution in [0.1, 0.15) is 39.0 Å². The maximum absolute atomic E-state index is 9.02. The van der Waals surface area contributed by atoms with E-state index in [0.717, 1.165) is 36.3 Å². The second-order valence-electron chi connectivity index (χ2n) is 6.96. The van der Waals surface area contributed by atoms with Crippen molar-refractivity contribution in [2.24, 2.45) is 17.6 Å². The Morgan fingerprint density at radius 3 is 2.76 bits per heavy atom. The van der Waals surface area contributed by atoms with Crippen LogP contribution in [0.4, 0.5) is 0 Å². The van der Waals surface area contributed by atoms with Crippen molar-refractivity contribution in [3.63, 3.8) is 0 Å². The van der Waals surface area contributed by atoms with Gasteiger partial charge >= 0.3 is 0 Å². The number of hydrogen-bond acceptors (Lipinski definition) is 3. The Kier molecular flexibility index (Phi) is 8.31. The minimum atomic E-state index is 0.355. The van der Waals surface area contributed by atoms with Gasteiger partial charge in [0.1, 0.15) is 0 Å². The van der Waals surface area contributed by atoms with E-state index in [1.165, 1.54) is 24.0 Å². The molecule has 25 heavy (non-hydrogen) atoms. The molecule has 0 saturated heterocycles. The van der Waals surface area contributed by atoms with E-state index in [1.807, 2.05) is 17.8 Å². The molecule has 2 nitrogen and oxygen atoms in total. The Morgan fingerprint density at radius 1 is 1.32 bits per heavy atom. The molecule has 0 saturated carbocycles. The molecule has 2 aliphatic carbocycles. The van der Waals surface area contributed by atoms with Gasteiger partial charge in [-0.2, -0.15) is 17.0 Å². The van der Waals surface area contributed by atoms with E-state index in [1.54, 1.807) is 5.57 Å². The van der Waals surface area contributed by atoms with Crippen molar-refractivity contribution in [1.29, 1.82) is 5.26 Å². The highest BCUT2D eigenvalue weighted by Crippen LogP contribution is 2.35. The first-order valence-electron chi connectivity index (χ1n) is 9.26. The molecule has 0 aromatic carbocycles. The SMILES string of the molecule is C=C(C(C)CSCC1=CC=CCC1)C(CCN)C1=CC=C(C#N)CC1. The van der Waals surface area contributed by atoms with Crippen LogP contribution in [-0.2, 0) is 0 Å². The number of thioether (sulfide) groups is 1. The lowest BCUT2D eigenvalue weighted by Gasteiger charge is -2.28. The number of rotatable bonds is 9. The van der Waals surface area contributed by atoms with E-state index in [2.05, 4.69) is 43.9 Å². The summed E-state index contributed by atoms with van der Waals surface area (Å²) in [6.07, 6.45) is 15.9. The highest BCUT2D eigenvalue weighted by atomic mass is 32.2. The summed E-state index contributed by atoms with van der Waals surface area (Å²) >= 11 is 2.01. The first kappa shape index (κ1) is 19.8. The number of nitrogens with two attached hydrogens (primary N) is 1. The first-order valence-corrected chi connectivity index (χ1v) is 10.4. The lowest BCUT2D eigenvalue weighted by molar-refractivity contribution is 0.559. The fourth-order valence-corrected chi connectivity index (χ4v) is 4.59. The highest BCUT2D eigenvalue weighted by Gasteiger charge is 2.22. The van der Waals surface area contributed by atoms with Gasteiger partial charge in [0.15, 0.2) is 0 Å². The van der Waals surface area contributed by atoms with Gasteiger partial charge in [0.05, 0.1) is 6.07 Å². The lowest BCUT2D eigenvalue weighted by Crippen LogP contribution is -2.19. The van der Waals surface area contributed by atoms with Crippen molar-refractivity contribution in [2.75, 3.05) is 18.1 Å². The van der Waals surface area contributed by atoms with Gasteiger partial charge in [0.25, 0.3) is 0 Å². The molecule has 2 N–H and O–H groups in total. The van der Waals surface area contributed by atoms with Gasteiger partial charge < -0.3 is 5.73 Å². The van der Waals surface area contributed by atoms with Crippen LogP contribution >= 0.6 is 11.8 Å². The zero-order valence-corrected chi connectivity index (χ0v) is 16.2. The minimum absolute atomic E-state index is 0.355. The number of allylic oxidation sites excluding steroid dienone is 8. The van der Waals surface area contributed by atoms with Gasteiger partial charge in [-0.1, -0.05) is 54.5 Å². The van der Waals surface area contributed by atoms with Gasteiger partial charge in [-0.25, -0.2) is 0 Å². The summed E-state index contributed by atoms with van der Waals surface area (Å²) in [5.74, 6) is 3.06. The van der Waals surface area contributed by atoms with Crippen molar-refractivity contribution in [3.8, 4) is 6.07 Å². The van der Waals surface area contributed by atoms with Crippen LogP contribution < -0.4 is 5.73 Å². The van der Waals surface area contributed by atoms with Gasteiger partial charge in [0, 0.05) is 17.2 Å². The molecule has 0 aliphatic heterocycles. The van der Waals surface area contributed by atoms with Crippen LogP contribution in [0, 0.1) is 23.2 Å². The summed E-state index contributed by atoms with van der Waals surface area (Å²) in [7, 11) is 0. The molecule has 0 radical (unpaired) electrons. The largest absolute Gasteiger partial charge is 0.330 e. The molecule has 0 amide bonds. The van der Waals surface area contributed by atoms with Crippen LogP contribution in [0.15, 0.2) is 59.3 Å². The summed E-state index contributed by atoms with van der Waals surface area (Å²) in [5, 5.41) is 9.02. The molecule has 0 fully saturated rings. The van der Waals surface area contributed by atoms with Gasteiger partial charge in [-0.15, -0.1) is 0 Å². The minimum Gasteiger partial charge on any atom is -0.330 e. The Balaban J connectivity index is 1.91. The third-order valence-corrected chi connectivity index (χ3v) is 6.37. The molecule has 0 spiro atoms. The van der Waals surface area contributed by atoms with E-state index in [4.69, 9.17) is 11.0 Å². The lowest BCUT2D eigenvalue weighted by atomic mass is 9.79. The molecule has 2 rings (SSSR count). The van der Waals surface area contributed by atoms with Crippen molar-refractivity contribution in [1.82, 2.24) is 0 Å². The molecule has 3 heteroatoms. The second kappa shape index (κ2) is 10.5. The summed E-state index contributed by atoms with van der Waals surface area (Å²) in [4.78, 5) is 0. The number of nitriles is 1. The molecule has 0 aromatic heterocycles. The van der Waals surface area contributed by atoms with Crippen LogP contribution in [0.5, 0.6) is 0 Å². The van der Waals surface area contributed by atoms with Crippen molar-refractivity contribution >= 4 is 11.8 Å². The topological polar surface area (TPSA) is 49.8 Å². The van der Waals surface area contributed by atoms with Crippen LogP contribution in [0.2, 0.25) is 0 Å². The van der Waals surface area contributed by atoms with Gasteiger partial charge in [0.2, 0.25) is 0 Å². The van der Waals surface area contributed by atoms with E-state index in [-0.39, 0.29) is 0 Å². The molecule has 2 atom stereocenters. The van der Waals surface area contributed by atoms with E-state index in [9.17, 15) is 0 Å². The summed E-state index contributed by atoms with van der Waals surface area (Å²) < 4.78 is 0.